The summed E-state index contributed by atoms with van der Waals surface area (Å²) in [5.74, 6) is 0. The maximum Gasteiger partial charge on any atom is 0.0388 e. The van der Waals surface area contributed by atoms with Crippen LogP contribution in [0.2, 0.25) is 0 Å². The Balaban J connectivity index is 1.70. The zero-order valence-corrected chi connectivity index (χ0v) is 14.7. The SMILES string of the molecule is CC1CN(C)CCCN1c1ccc(CNC2CC2)c(Br)c1. The van der Waals surface area contributed by atoms with E-state index in [2.05, 4.69) is 63.2 Å². The maximum atomic E-state index is 3.76. The molecule has 0 spiro atoms. The maximum absolute atomic E-state index is 3.76. The number of benzene rings is 1. The Morgan fingerprint density at radius 2 is 2.10 bits per heavy atom. The molecular formula is C17H26BrN3. The highest BCUT2D eigenvalue weighted by atomic mass is 79.9. The molecule has 116 valence electrons. The van der Waals surface area contributed by atoms with E-state index in [-0.39, 0.29) is 0 Å². The summed E-state index contributed by atoms with van der Waals surface area (Å²) in [7, 11) is 2.22. The molecule has 1 aromatic carbocycles. The van der Waals surface area contributed by atoms with E-state index in [1.54, 1.807) is 0 Å². The van der Waals surface area contributed by atoms with Crippen LogP contribution in [0.25, 0.3) is 0 Å². The molecule has 2 fully saturated rings. The summed E-state index contributed by atoms with van der Waals surface area (Å²) < 4.78 is 1.23. The van der Waals surface area contributed by atoms with E-state index in [1.807, 2.05) is 0 Å². The Labute approximate surface area is 136 Å². The van der Waals surface area contributed by atoms with Crippen molar-refractivity contribution in [2.45, 2.75) is 44.8 Å². The van der Waals surface area contributed by atoms with Crippen molar-refractivity contribution in [1.82, 2.24) is 10.2 Å². The molecule has 1 aromatic rings. The van der Waals surface area contributed by atoms with Gasteiger partial charge in [0, 0.05) is 41.9 Å². The second-order valence-electron chi connectivity index (χ2n) is 6.59. The molecule has 1 heterocycles. The van der Waals surface area contributed by atoms with E-state index in [0.29, 0.717) is 6.04 Å². The summed E-state index contributed by atoms with van der Waals surface area (Å²) in [6, 6.07) is 8.19. The van der Waals surface area contributed by atoms with Crippen LogP contribution in [0.3, 0.4) is 0 Å². The Hall–Kier alpha value is -0.580. The summed E-state index contributed by atoms with van der Waals surface area (Å²) in [4.78, 5) is 4.99. The van der Waals surface area contributed by atoms with E-state index in [0.717, 1.165) is 25.7 Å². The molecule has 0 aromatic heterocycles. The van der Waals surface area contributed by atoms with Crippen LogP contribution < -0.4 is 10.2 Å². The number of halogens is 1. The van der Waals surface area contributed by atoms with Crippen molar-refractivity contribution in [3.8, 4) is 0 Å². The zero-order chi connectivity index (χ0) is 14.8. The van der Waals surface area contributed by atoms with Gasteiger partial charge in [-0.3, -0.25) is 0 Å². The van der Waals surface area contributed by atoms with Gasteiger partial charge in [-0.05, 0) is 57.5 Å². The standard InChI is InChI=1S/C17H26BrN3/c1-13-12-20(2)8-3-9-21(13)16-7-4-14(17(18)10-16)11-19-15-5-6-15/h4,7,10,13,15,19H,3,5-6,8-9,11-12H2,1-2H3. The molecular weight excluding hydrogens is 326 g/mol. The van der Waals surface area contributed by atoms with Crippen molar-refractivity contribution in [1.29, 1.82) is 0 Å². The van der Waals surface area contributed by atoms with Crippen LogP contribution in [-0.4, -0.2) is 43.7 Å². The number of nitrogens with one attached hydrogen (secondary N) is 1. The smallest absolute Gasteiger partial charge is 0.0388 e. The highest BCUT2D eigenvalue weighted by Gasteiger charge is 2.22. The molecule has 0 radical (unpaired) electrons. The molecule has 0 amide bonds. The predicted octanol–water partition coefficient (Wildman–Crippen LogP) is 3.23. The number of rotatable bonds is 4. The van der Waals surface area contributed by atoms with E-state index in [4.69, 9.17) is 0 Å². The van der Waals surface area contributed by atoms with Crippen LogP contribution in [0.4, 0.5) is 5.69 Å². The number of anilines is 1. The minimum absolute atomic E-state index is 0.569. The van der Waals surface area contributed by atoms with Crippen molar-refractivity contribution in [2.24, 2.45) is 0 Å². The fraction of sp³-hybridized carbons (Fsp3) is 0.647. The van der Waals surface area contributed by atoms with Crippen molar-refractivity contribution >= 4 is 21.6 Å². The van der Waals surface area contributed by atoms with E-state index in [1.165, 1.54) is 41.5 Å². The number of hydrogen-bond acceptors (Lipinski definition) is 3. The van der Waals surface area contributed by atoms with E-state index in [9.17, 15) is 0 Å². The van der Waals surface area contributed by atoms with E-state index >= 15 is 0 Å². The molecule has 4 heteroatoms. The van der Waals surface area contributed by atoms with Crippen molar-refractivity contribution in [3.63, 3.8) is 0 Å². The lowest BCUT2D eigenvalue weighted by atomic mass is 10.1. The molecule has 3 nitrogen and oxygen atoms in total. The first kappa shape index (κ1) is 15.3. The number of hydrogen-bond donors (Lipinski definition) is 1. The molecule has 1 aliphatic heterocycles. The number of nitrogens with zero attached hydrogens (tertiary/aromatic N) is 2. The number of likely N-dealkylation sites (N-methyl/N-ethyl adjacent to an activating group) is 1. The highest BCUT2D eigenvalue weighted by Crippen LogP contribution is 2.28. The average Bonchev–Trinajstić information content (AvgIpc) is 3.26. The average molecular weight is 352 g/mol. The van der Waals surface area contributed by atoms with Gasteiger partial charge in [-0.15, -0.1) is 0 Å². The zero-order valence-electron chi connectivity index (χ0n) is 13.1. The highest BCUT2D eigenvalue weighted by molar-refractivity contribution is 9.10. The molecule has 21 heavy (non-hydrogen) atoms. The van der Waals surface area contributed by atoms with Gasteiger partial charge in [0.25, 0.3) is 0 Å². The topological polar surface area (TPSA) is 18.5 Å². The fourth-order valence-corrected chi connectivity index (χ4v) is 3.66. The van der Waals surface area contributed by atoms with Gasteiger partial charge in [0.2, 0.25) is 0 Å². The second kappa shape index (κ2) is 6.67. The molecule has 1 unspecified atom stereocenters. The summed E-state index contributed by atoms with van der Waals surface area (Å²) >= 11 is 3.76. The minimum atomic E-state index is 0.569. The molecule has 1 aliphatic carbocycles. The summed E-state index contributed by atoms with van der Waals surface area (Å²) in [5, 5.41) is 3.59. The molecule has 1 saturated heterocycles. The van der Waals surface area contributed by atoms with Crippen LogP contribution in [0, 0.1) is 0 Å². The van der Waals surface area contributed by atoms with E-state index < -0.39 is 0 Å². The lowest BCUT2D eigenvalue weighted by molar-refractivity contribution is 0.337. The van der Waals surface area contributed by atoms with Crippen LogP contribution in [0.1, 0.15) is 31.7 Å². The Kier molecular flexibility index (Phi) is 4.87. The third-order valence-electron chi connectivity index (χ3n) is 4.57. The molecule has 2 aliphatic rings. The van der Waals surface area contributed by atoms with Crippen LogP contribution in [0.5, 0.6) is 0 Å². The molecule has 1 atom stereocenters. The van der Waals surface area contributed by atoms with Gasteiger partial charge < -0.3 is 15.1 Å². The normalized spacial score (nSPS) is 24.1. The molecule has 0 bridgehead atoms. The Morgan fingerprint density at radius 3 is 2.81 bits per heavy atom. The van der Waals surface area contributed by atoms with Gasteiger partial charge >= 0.3 is 0 Å². The molecule has 1 saturated carbocycles. The lowest BCUT2D eigenvalue weighted by Gasteiger charge is -2.30. The van der Waals surface area contributed by atoms with Crippen molar-refractivity contribution in [3.05, 3.63) is 28.2 Å². The summed E-state index contributed by atoms with van der Waals surface area (Å²) in [5.41, 5.74) is 2.71. The van der Waals surface area contributed by atoms with Crippen molar-refractivity contribution in [2.75, 3.05) is 31.6 Å². The minimum Gasteiger partial charge on any atom is -0.367 e. The first-order valence-electron chi connectivity index (χ1n) is 8.10. The third-order valence-corrected chi connectivity index (χ3v) is 5.31. The Bertz CT molecular complexity index is 487. The molecule has 1 N–H and O–H groups in total. The largest absolute Gasteiger partial charge is 0.367 e. The quantitative estimate of drug-likeness (QED) is 0.898. The van der Waals surface area contributed by atoms with Gasteiger partial charge in [-0.25, -0.2) is 0 Å². The van der Waals surface area contributed by atoms with Crippen LogP contribution >= 0.6 is 15.9 Å². The first-order chi connectivity index (χ1) is 10.1. The molecule has 3 rings (SSSR count). The van der Waals surface area contributed by atoms with Gasteiger partial charge in [0.15, 0.2) is 0 Å². The summed E-state index contributed by atoms with van der Waals surface area (Å²) in [6.07, 6.45) is 3.92. The van der Waals surface area contributed by atoms with Crippen LogP contribution in [0.15, 0.2) is 22.7 Å². The van der Waals surface area contributed by atoms with Gasteiger partial charge in [-0.1, -0.05) is 22.0 Å². The van der Waals surface area contributed by atoms with Crippen LogP contribution in [-0.2, 0) is 6.54 Å². The summed E-state index contributed by atoms with van der Waals surface area (Å²) in [6.45, 7) is 6.80. The second-order valence-corrected chi connectivity index (χ2v) is 7.44. The first-order valence-corrected chi connectivity index (χ1v) is 8.90. The lowest BCUT2D eigenvalue weighted by Crippen LogP contribution is -2.37. The Morgan fingerprint density at radius 1 is 1.29 bits per heavy atom. The van der Waals surface area contributed by atoms with Gasteiger partial charge in [0.1, 0.15) is 0 Å². The van der Waals surface area contributed by atoms with Crippen molar-refractivity contribution < 1.29 is 0 Å². The third kappa shape index (κ3) is 3.99. The monoisotopic (exact) mass is 351 g/mol. The predicted molar refractivity (Wildman–Crippen MR) is 92.9 cm³/mol. The van der Waals surface area contributed by atoms with Gasteiger partial charge in [0.05, 0.1) is 0 Å². The van der Waals surface area contributed by atoms with Gasteiger partial charge in [-0.2, -0.15) is 0 Å². The fourth-order valence-electron chi connectivity index (χ4n) is 3.16.